The largest absolute Gasteiger partial charge is 0.330 e. The highest BCUT2D eigenvalue weighted by molar-refractivity contribution is 9.10. The molecule has 0 saturated heterocycles. The third-order valence-electron chi connectivity index (χ3n) is 1.97. The Morgan fingerprint density at radius 3 is 2.86 bits per heavy atom. The number of rotatable bonds is 4. The van der Waals surface area contributed by atoms with Crippen molar-refractivity contribution in [2.45, 2.75) is 23.5 Å². The van der Waals surface area contributed by atoms with Gasteiger partial charge in [-0.25, -0.2) is 0 Å². The summed E-state index contributed by atoms with van der Waals surface area (Å²) in [7, 11) is -0.948. The second-order valence-corrected chi connectivity index (χ2v) is 5.93. The van der Waals surface area contributed by atoms with Crippen molar-refractivity contribution in [2.24, 2.45) is 5.73 Å². The summed E-state index contributed by atoms with van der Waals surface area (Å²) in [5.74, 6) is 0. The molecule has 78 valence electrons. The van der Waals surface area contributed by atoms with Gasteiger partial charge < -0.3 is 5.73 Å². The summed E-state index contributed by atoms with van der Waals surface area (Å²) < 4.78 is 12.9. The lowest BCUT2D eigenvalue weighted by Gasteiger charge is -2.09. The van der Waals surface area contributed by atoms with Crippen LogP contribution in [-0.4, -0.2) is 16.0 Å². The van der Waals surface area contributed by atoms with E-state index in [0.29, 0.717) is 6.54 Å². The van der Waals surface area contributed by atoms with Gasteiger partial charge in [-0.2, -0.15) is 0 Å². The van der Waals surface area contributed by atoms with Crippen molar-refractivity contribution in [2.75, 3.05) is 6.54 Å². The van der Waals surface area contributed by atoms with Crippen LogP contribution in [0, 0.1) is 0 Å². The van der Waals surface area contributed by atoms with Crippen LogP contribution in [0.2, 0.25) is 0 Å². The first-order chi connectivity index (χ1) is 6.65. The molecule has 2 nitrogen and oxygen atoms in total. The van der Waals surface area contributed by atoms with Gasteiger partial charge in [0.25, 0.3) is 0 Å². The Balaban J connectivity index is 2.78. The van der Waals surface area contributed by atoms with Gasteiger partial charge in [0.2, 0.25) is 0 Å². The SMILES string of the molecule is CC(CCN)S(=O)c1cccc(Br)c1. The fraction of sp³-hybridized carbons (Fsp3) is 0.400. The van der Waals surface area contributed by atoms with E-state index < -0.39 is 10.8 Å². The number of nitrogens with two attached hydrogens (primary N) is 1. The summed E-state index contributed by atoms with van der Waals surface area (Å²) in [5, 5.41) is 0.120. The average Bonchev–Trinajstić information content (AvgIpc) is 2.17. The Labute approximate surface area is 95.5 Å². The topological polar surface area (TPSA) is 43.1 Å². The molecule has 0 amide bonds. The highest BCUT2D eigenvalue weighted by atomic mass is 79.9. The standard InChI is InChI=1S/C10H14BrNOS/c1-8(5-6-12)14(13)10-4-2-3-9(11)7-10/h2-4,7-8H,5-6,12H2,1H3. The Bertz CT molecular complexity index is 330. The average molecular weight is 276 g/mol. The van der Waals surface area contributed by atoms with Gasteiger partial charge in [-0.05, 0) is 31.2 Å². The predicted octanol–water partition coefficient (Wildman–Crippen LogP) is 2.29. The number of hydrogen-bond donors (Lipinski definition) is 1. The molecule has 0 saturated carbocycles. The van der Waals surface area contributed by atoms with Crippen LogP contribution in [0.25, 0.3) is 0 Å². The van der Waals surface area contributed by atoms with E-state index in [0.717, 1.165) is 15.8 Å². The zero-order valence-electron chi connectivity index (χ0n) is 8.07. The molecule has 1 rings (SSSR count). The predicted molar refractivity (Wildman–Crippen MR) is 63.7 cm³/mol. The third kappa shape index (κ3) is 3.19. The molecule has 0 aliphatic carbocycles. The van der Waals surface area contributed by atoms with Gasteiger partial charge in [0.15, 0.2) is 0 Å². The summed E-state index contributed by atoms with van der Waals surface area (Å²) in [6.45, 7) is 2.55. The van der Waals surface area contributed by atoms with E-state index in [4.69, 9.17) is 5.73 Å². The van der Waals surface area contributed by atoms with E-state index in [9.17, 15) is 4.21 Å². The van der Waals surface area contributed by atoms with Crippen LogP contribution in [0.4, 0.5) is 0 Å². The van der Waals surface area contributed by atoms with Gasteiger partial charge in [-0.15, -0.1) is 0 Å². The molecule has 0 bridgehead atoms. The Morgan fingerprint density at radius 2 is 2.29 bits per heavy atom. The zero-order chi connectivity index (χ0) is 10.6. The highest BCUT2D eigenvalue weighted by Gasteiger charge is 2.12. The van der Waals surface area contributed by atoms with Crippen LogP contribution in [0.15, 0.2) is 33.6 Å². The smallest absolute Gasteiger partial charge is 0.0558 e. The van der Waals surface area contributed by atoms with Crippen molar-refractivity contribution in [1.82, 2.24) is 0 Å². The summed E-state index contributed by atoms with van der Waals surface area (Å²) in [5.41, 5.74) is 5.43. The van der Waals surface area contributed by atoms with Crippen LogP contribution in [0.1, 0.15) is 13.3 Å². The van der Waals surface area contributed by atoms with Crippen molar-refractivity contribution in [1.29, 1.82) is 0 Å². The Morgan fingerprint density at radius 1 is 1.57 bits per heavy atom. The van der Waals surface area contributed by atoms with Crippen molar-refractivity contribution in [3.05, 3.63) is 28.7 Å². The molecule has 1 aromatic carbocycles. The van der Waals surface area contributed by atoms with E-state index in [1.54, 1.807) is 0 Å². The van der Waals surface area contributed by atoms with Gasteiger partial charge >= 0.3 is 0 Å². The van der Waals surface area contributed by atoms with E-state index in [2.05, 4.69) is 15.9 Å². The quantitative estimate of drug-likeness (QED) is 0.917. The molecule has 4 heteroatoms. The van der Waals surface area contributed by atoms with E-state index in [1.807, 2.05) is 31.2 Å². The third-order valence-corrected chi connectivity index (χ3v) is 4.15. The maximum absolute atomic E-state index is 11.9. The lowest BCUT2D eigenvalue weighted by molar-refractivity contribution is 0.666. The minimum absolute atomic E-state index is 0.120. The molecule has 2 atom stereocenters. The molecule has 2 unspecified atom stereocenters. The van der Waals surface area contributed by atoms with Gasteiger partial charge in [0, 0.05) is 14.6 Å². The fourth-order valence-electron chi connectivity index (χ4n) is 1.17. The first-order valence-corrected chi connectivity index (χ1v) is 6.52. The van der Waals surface area contributed by atoms with Gasteiger partial charge in [0.05, 0.1) is 10.8 Å². The second-order valence-electron chi connectivity index (χ2n) is 3.14. The molecule has 0 radical (unpaired) electrons. The zero-order valence-corrected chi connectivity index (χ0v) is 10.5. The number of halogens is 1. The Kier molecular flexibility index (Phi) is 4.78. The normalized spacial score (nSPS) is 15.1. The molecule has 0 aliphatic heterocycles. The first kappa shape index (κ1) is 11.9. The minimum atomic E-state index is -0.948. The maximum atomic E-state index is 11.9. The highest BCUT2D eigenvalue weighted by Crippen LogP contribution is 2.18. The van der Waals surface area contributed by atoms with Crippen LogP contribution < -0.4 is 5.73 Å². The molecule has 0 spiro atoms. The van der Waals surface area contributed by atoms with Gasteiger partial charge in [0.1, 0.15) is 0 Å². The van der Waals surface area contributed by atoms with E-state index in [-0.39, 0.29) is 5.25 Å². The van der Waals surface area contributed by atoms with E-state index in [1.165, 1.54) is 0 Å². The molecule has 0 heterocycles. The molecular weight excluding hydrogens is 262 g/mol. The summed E-state index contributed by atoms with van der Waals surface area (Å²) >= 11 is 3.36. The van der Waals surface area contributed by atoms with E-state index >= 15 is 0 Å². The van der Waals surface area contributed by atoms with Crippen molar-refractivity contribution in [3.8, 4) is 0 Å². The molecular formula is C10H14BrNOS. The lowest BCUT2D eigenvalue weighted by atomic mass is 10.3. The Hall–Kier alpha value is -0.190. The van der Waals surface area contributed by atoms with Gasteiger partial charge in [-0.3, -0.25) is 4.21 Å². The second kappa shape index (κ2) is 5.63. The van der Waals surface area contributed by atoms with Crippen LogP contribution in [-0.2, 0) is 10.8 Å². The minimum Gasteiger partial charge on any atom is -0.330 e. The monoisotopic (exact) mass is 275 g/mol. The van der Waals surface area contributed by atoms with Crippen molar-refractivity contribution in [3.63, 3.8) is 0 Å². The van der Waals surface area contributed by atoms with Crippen LogP contribution in [0.3, 0.4) is 0 Å². The van der Waals surface area contributed by atoms with Gasteiger partial charge in [-0.1, -0.05) is 28.9 Å². The van der Waals surface area contributed by atoms with Crippen molar-refractivity contribution < 1.29 is 4.21 Å². The maximum Gasteiger partial charge on any atom is 0.0558 e. The molecule has 0 aliphatic rings. The molecule has 1 aromatic rings. The number of hydrogen-bond acceptors (Lipinski definition) is 2. The van der Waals surface area contributed by atoms with Crippen LogP contribution >= 0.6 is 15.9 Å². The lowest BCUT2D eigenvalue weighted by Crippen LogP contribution is -2.16. The summed E-state index contributed by atoms with van der Waals surface area (Å²) in [6.07, 6.45) is 0.791. The fourth-order valence-corrected chi connectivity index (χ4v) is 2.99. The number of benzene rings is 1. The molecule has 2 N–H and O–H groups in total. The molecule has 0 aromatic heterocycles. The molecule has 0 fully saturated rings. The van der Waals surface area contributed by atoms with Crippen LogP contribution in [0.5, 0.6) is 0 Å². The summed E-state index contributed by atoms with van der Waals surface area (Å²) in [6, 6.07) is 7.60. The first-order valence-electron chi connectivity index (χ1n) is 4.51. The van der Waals surface area contributed by atoms with Crippen molar-refractivity contribution >= 4 is 26.7 Å². The summed E-state index contributed by atoms with van der Waals surface area (Å²) in [4.78, 5) is 0.861. The molecule has 14 heavy (non-hydrogen) atoms.